The summed E-state index contributed by atoms with van der Waals surface area (Å²) in [5, 5.41) is 3.37. The van der Waals surface area contributed by atoms with Gasteiger partial charge < -0.3 is 5.32 Å². The van der Waals surface area contributed by atoms with E-state index in [4.69, 9.17) is 0 Å². The molecule has 1 aromatic rings. The van der Waals surface area contributed by atoms with Crippen molar-refractivity contribution in [3.05, 3.63) is 46.0 Å². The van der Waals surface area contributed by atoms with E-state index in [9.17, 15) is 4.79 Å². The second kappa shape index (κ2) is 4.85. The minimum atomic E-state index is 0.0264. The van der Waals surface area contributed by atoms with Gasteiger partial charge in [0.2, 0.25) is 0 Å². The molecule has 0 aromatic heterocycles. The third-order valence-electron chi connectivity index (χ3n) is 4.81. The van der Waals surface area contributed by atoms with Crippen molar-refractivity contribution in [1.82, 2.24) is 5.32 Å². The van der Waals surface area contributed by atoms with Crippen LogP contribution >= 0.6 is 0 Å². The first-order chi connectivity index (χ1) is 9.49. The molecule has 2 nitrogen and oxygen atoms in total. The van der Waals surface area contributed by atoms with Gasteiger partial charge in [0.25, 0.3) is 0 Å². The zero-order valence-electron chi connectivity index (χ0n) is 12.7. The lowest BCUT2D eigenvalue weighted by molar-refractivity contribution is 0.101. The fourth-order valence-corrected chi connectivity index (χ4v) is 3.59. The molecule has 0 fully saturated rings. The molecule has 1 aliphatic carbocycles. The van der Waals surface area contributed by atoms with E-state index in [-0.39, 0.29) is 11.2 Å². The average Bonchev–Trinajstić information content (AvgIpc) is 2.71. The summed E-state index contributed by atoms with van der Waals surface area (Å²) >= 11 is 0. The molecule has 2 heteroatoms. The van der Waals surface area contributed by atoms with E-state index in [1.54, 1.807) is 0 Å². The number of carbonyl (C=O) groups excluding carboxylic acids is 1. The molecule has 2 aliphatic rings. The number of allylic oxidation sites excluding steroid dienone is 2. The number of nitrogens with one attached hydrogen (secondary N) is 1. The topological polar surface area (TPSA) is 29.1 Å². The standard InChI is InChI=1S/C18H23NO/c1-12-6-8-18(2,3)16(12)17(20)14-4-5-15-11-19-9-7-13(15)10-14/h4-5,10,19H,6-9,11H2,1-3H3. The summed E-state index contributed by atoms with van der Waals surface area (Å²) in [5.74, 6) is 0.242. The van der Waals surface area contributed by atoms with Gasteiger partial charge >= 0.3 is 0 Å². The molecule has 0 saturated heterocycles. The average molecular weight is 269 g/mol. The van der Waals surface area contributed by atoms with E-state index >= 15 is 0 Å². The zero-order chi connectivity index (χ0) is 14.3. The highest BCUT2D eigenvalue weighted by molar-refractivity contribution is 6.10. The molecule has 1 heterocycles. The third-order valence-corrected chi connectivity index (χ3v) is 4.81. The van der Waals surface area contributed by atoms with Crippen LogP contribution in [0.3, 0.4) is 0 Å². The molecule has 1 N–H and O–H groups in total. The second-order valence-electron chi connectivity index (χ2n) is 6.78. The van der Waals surface area contributed by atoms with Crippen molar-refractivity contribution in [1.29, 1.82) is 0 Å². The molecule has 0 radical (unpaired) electrons. The number of carbonyl (C=O) groups is 1. The predicted octanol–water partition coefficient (Wildman–Crippen LogP) is 3.65. The van der Waals surface area contributed by atoms with Gasteiger partial charge in [0.15, 0.2) is 5.78 Å². The van der Waals surface area contributed by atoms with Crippen molar-refractivity contribution in [3.8, 4) is 0 Å². The Morgan fingerprint density at radius 2 is 2.00 bits per heavy atom. The molecule has 0 amide bonds. The van der Waals surface area contributed by atoms with Crippen molar-refractivity contribution in [2.45, 2.75) is 46.6 Å². The summed E-state index contributed by atoms with van der Waals surface area (Å²) in [6, 6.07) is 6.24. The minimum absolute atomic E-state index is 0.0264. The van der Waals surface area contributed by atoms with Crippen molar-refractivity contribution in [3.63, 3.8) is 0 Å². The summed E-state index contributed by atoms with van der Waals surface area (Å²) in [4.78, 5) is 12.9. The van der Waals surface area contributed by atoms with Crippen LogP contribution in [0.1, 0.15) is 55.1 Å². The van der Waals surface area contributed by atoms with Gasteiger partial charge in [0.1, 0.15) is 0 Å². The Bertz CT molecular complexity index is 595. The van der Waals surface area contributed by atoms with Gasteiger partial charge in [-0.05, 0) is 55.3 Å². The largest absolute Gasteiger partial charge is 0.312 e. The van der Waals surface area contributed by atoms with Crippen LogP contribution < -0.4 is 5.32 Å². The van der Waals surface area contributed by atoms with Crippen LogP contribution in [-0.4, -0.2) is 12.3 Å². The van der Waals surface area contributed by atoms with E-state index < -0.39 is 0 Å². The first-order valence-electron chi connectivity index (χ1n) is 7.56. The van der Waals surface area contributed by atoms with Crippen LogP contribution in [0, 0.1) is 5.41 Å². The first-order valence-corrected chi connectivity index (χ1v) is 7.56. The Labute approximate surface area is 121 Å². The Kier molecular flexibility index (Phi) is 3.29. The van der Waals surface area contributed by atoms with E-state index in [0.717, 1.165) is 43.5 Å². The summed E-state index contributed by atoms with van der Waals surface area (Å²) in [5.41, 5.74) is 5.90. The summed E-state index contributed by atoms with van der Waals surface area (Å²) in [6.45, 7) is 8.44. The summed E-state index contributed by atoms with van der Waals surface area (Å²) < 4.78 is 0. The number of ketones is 1. The Morgan fingerprint density at radius 3 is 2.70 bits per heavy atom. The van der Waals surface area contributed by atoms with Gasteiger partial charge in [-0.15, -0.1) is 0 Å². The molecule has 3 rings (SSSR count). The van der Waals surface area contributed by atoms with E-state index in [2.05, 4.69) is 38.2 Å². The molecule has 0 atom stereocenters. The highest BCUT2D eigenvalue weighted by Gasteiger charge is 2.35. The van der Waals surface area contributed by atoms with Crippen LogP contribution in [-0.2, 0) is 13.0 Å². The molecule has 0 bridgehead atoms. The van der Waals surface area contributed by atoms with Gasteiger partial charge in [0, 0.05) is 17.7 Å². The van der Waals surface area contributed by atoms with Crippen molar-refractivity contribution >= 4 is 5.78 Å². The molecule has 106 valence electrons. The summed E-state index contributed by atoms with van der Waals surface area (Å²) in [7, 11) is 0. The molecule has 0 unspecified atom stereocenters. The Balaban J connectivity index is 1.97. The van der Waals surface area contributed by atoms with E-state index in [0.29, 0.717) is 0 Å². The van der Waals surface area contributed by atoms with Gasteiger partial charge in [-0.3, -0.25) is 4.79 Å². The van der Waals surface area contributed by atoms with Crippen LogP contribution in [0.5, 0.6) is 0 Å². The van der Waals surface area contributed by atoms with Gasteiger partial charge in [-0.1, -0.05) is 31.6 Å². The maximum Gasteiger partial charge on any atom is 0.189 e. The monoisotopic (exact) mass is 269 g/mol. The smallest absolute Gasteiger partial charge is 0.189 e. The molecule has 1 aromatic carbocycles. The van der Waals surface area contributed by atoms with Crippen LogP contribution in [0.4, 0.5) is 0 Å². The molecule has 1 aliphatic heterocycles. The second-order valence-corrected chi connectivity index (χ2v) is 6.78. The Morgan fingerprint density at radius 1 is 1.20 bits per heavy atom. The first kappa shape index (κ1) is 13.6. The number of Topliss-reactive ketones (excluding diaryl/α,β-unsaturated/α-hetero) is 1. The third kappa shape index (κ3) is 2.22. The van der Waals surface area contributed by atoms with Crippen molar-refractivity contribution < 1.29 is 4.79 Å². The predicted molar refractivity (Wildman–Crippen MR) is 81.9 cm³/mol. The van der Waals surface area contributed by atoms with Crippen LogP contribution in [0.2, 0.25) is 0 Å². The number of hydrogen-bond donors (Lipinski definition) is 1. The van der Waals surface area contributed by atoms with Crippen LogP contribution in [0.25, 0.3) is 0 Å². The quantitative estimate of drug-likeness (QED) is 0.830. The fraction of sp³-hybridized carbons (Fsp3) is 0.500. The number of fused-ring (bicyclic) bond motifs is 1. The van der Waals surface area contributed by atoms with E-state index in [1.807, 2.05) is 6.07 Å². The molecule has 20 heavy (non-hydrogen) atoms. The van der Waals surface area contributed by atoms with E-state index in [1.165, 1.54) is 16.7 Å². The highest BCUT2D eigenvalue weighted by Crippen LogP contribution is 2.43. The lowest BCUT2D eigenvalue weighted by Crippen LogP contribution is -2.24. The maximum atomic E-state index is 12.9. The molecule has 0 spiro atoms. The number of hydrogen-bond acceptors (Lipinski definition) is 2. The lowest BCUT2D eigenvalue weighted by atomic mass is 9.81. The lowest BCUT2D eigenvalue weighted by Gasteiger charge is -2.23. The Hall–Kier alpha value is -1.41. The van der Waals surface area contributed by atoms with Gasteiger partial charge in [-0.25, -0.2) is 0 Å². The summed E-state index contributed by atoms with van der Waals surface area (Å²) in [6.07, 6.45) is 3.18. The molecule has 0 saturated carbocycles. The minimum Gasteiger partial charge on any atom is -0.312 e. The maximum absolute atomic E-state index is 12.9. The molecular weight excluding hydrogens is 246 g/mol. The normalized spacial score (nSPS) is 20.9. The van der Waals surface area contributed by atoms with Gasteiger partial charge in [-0.2, -0.15) is 0 Å². The molecular formula is C18H23NO. The van der Waals surface area contributed by atoms with Crippen molar-refractivity contribution in [2.24, 2.45) is 5.41 Å². The zero-order valence-corrected chi connectivity index (χ0v) is 12.7. The number of benzene rings is 1. The fourth-order valence-electron chi connectivity index (χ4n) is 3.59. The number of rotatable bonds is 2. The highest BCUT2D eigenvalue weighted by atomic mass is 16.1. The SMILES string of the molecule is CC1=C(C(=O)c2ccc3c(c2)CCNC3)C(C)(C)CC1. The van der Waals surface area contributed by atoms with Gasteiger partial charge in [0.05, 0.1) is 0 Å². The van der Waals surface area contributed by atoms with Crippen molar-refractivity contribution in [2.75, 3.05) is 6.54 Å². The van der Waals surface area contributed by atoms with Crippen LogP contribution in [0.15, 0.2) is 29.3 Å².